The third kappa shape index (κ3) is 3.34. The number of amides is 1. The fraction of sp³-hybridized carbons (Fsp3) is 0.938. The Morgan fingerprint density at radius 2 is 1.95 bits per heavy atom. The number of ether oxygens (including phenoxy) is 1. The number of carbonyl (C=O) groups excluding carboxylic acids is 1. The summed E-state index contributed by atoms with van der Waals surface area (Å²) in [6.45, 7) is 9.14. The van der Waals surface area contributed by atoms with Gasteiger partial charge in [-0.3, -0.25) is 4.79 Å². The van der Waals surface area contributed by atoms with Crippen molar-refractivity contribution in [3.05, 3.63) is 0 Å². The first-order chi connectivity index (χ1) is 9.53. The van der Waals surface area contributed by atoms with Gasteiger partial charge in [0.25, 0.3) is 0 Å². The van der Waals surface area contributed by atoms with Gasteiger partial charge in [-0.25, -0.2) is 0 Å². The van der Waals surface area contributed by atoms with Crippen molar-refractivity contribution < 1.29 is 9.53 Å². The highest BCUT2D eigenvalue weighted by Gasteiger charge is 2.39. The van der Waals surface area contributed by atoms with Gasteiger partial charge in [-0.1, -0.05) is 20.8 Å². The maximum Gasteiger partial charge on any atom is 0.226 e. The zero-order chi connectivity index (χ0) is 14.6. The molecule has 1 unspecified atom stereocenters. The molecule has 4 nitrogen and oxygen atoms in total. The number of hydrogen-bond acceptors (Lipinski definition) is 3. The van der Waals surface area contributed by atoms with E-state index in [1.807, 2.05) is 0 Å². The molecule has 0 aromatic carbocycles. The Kier molecular flexibility index (Phi) is 5.08. The summed E-state index contributed by atoms with van der Waals surface area (Å²) in [6.07, 6.45) is 5.83. The van der Waals surface area contributed by atoms with Gasteiger partial charge in [-0.15, -0.1) is 0 Å². The molecule has 0 aromatic heterocycles. The Balaban J connectivity index is 1.93. The summed E-state index contributed by atoms with van der Waals surface area (Å²) in [5.41, 5.74) is -0.212. The maximum absolute atomic E-state index is 12.6. The van der Waals surface area contributed by atoms with Crippen LogP contribution in [0.1, 0.15) is 59.3 Å². The third-order valence-corrected chi connectivity index (χ3v) is 5.37. The molecule has 0 spiro atoms. The molecule has 2 aliphatic heterocycles. The summed E-state index contributed by atoms with van der Waals surface area (Å²) in [4.78, 5) is 12.6. The van der Waals surface area contributed by atoms with Crippen molar-refractivity contribution in [2.45, 2.75) is 70.9 Å². The standard InChI is InChI=1S/C16H30N2O2/c1-4-16(5-2)12-13(6-11-20-16)18-14(19)15(3)7-9-17-10-8-15/h13,17H,4-12H2,1-3H3,(H,18,19). The number of carbonyl (C=O) groups is 1. The van der Waals surface area contributed by atoms with Crippen LogP contribution in [0.4, 0.5) is 0 Å². The summed E-state index contributed by atoms with van der Waals surface area (Å²) in [6, 6.07) is 0.280. The molecule has 116 valence electrons. The highest BCUT2D eigenvalue weighted by molar-refractivity contribution is 5.82. The van der Waals surface area contributed by atoms with Gasteiger partial charge in [0.05, 0.1) is 5.60 Å². The Labute approximate surface area is 123 Å². The van der Waals surface area contributed by atoms with Crippen LogP contribution >= 0.6 is 0 Å². The van der Waals surface area contributed by atoms with E-state index < -0.39 is 0 Å². The molecular weight excluding hydrogens is 252 g/mol. The molecule has 2 N–H and O–H groups in total. The molecule has 20 heavy (non-hydrogen) atoms. The third-order valence-electron chi connectivity index (χ3n) is 5.37. The van der Waals surface area contributed by atoms with Gasteiger partial charge in [0, 0.05) is 18.1 Å². The lowest BCUT2D eigenvalue weighted by Crippen LogP contribution is -2.53. The van der Waals surface area contributed by atoms with Crippen LogP contribution < -0.4 is 10.6 Å². The topological polar surface area (TPSA) is 50.4 Å². The van der Waals surface area contributed by atoms with Gasteiger partial charge in [0.1, 0.15) is 0 Å². The molecule has 2 aliphatic rings. The van der Waals surface area contributed by atoms with Crippen molar-refractivity contribution in [3.8, 4) is 0 Å². The maximum atomic E-state index is 12.6. The van der Waals surface area contributed by atoms with Crippen molar-refractivity contribution in [3.63, 3.8) is 0 Å². The SMILES string of the molecule is CCC1(CC)CC(NC(=O)C2(C)CCNCC2)CCO1. The van der Waals surface area contributed by atoms with E-state index >= 15 is 0 Å². The Bertz CT molecular complexity index is 333. The molecular formula is C16H30N2O2. The highest BCUT2D eigenvalue weighted by Crippen LogP contribution is 2.33. The molecule has 2 saturated heterocycles. The molecule has 1 amide bonds. The molecule has 2 heterocycles. The average Bonchev–Trinajstić information content (AvgIpc) is 2.48. The van der Waals surface area contributed by atoms with E-state index in [2.05, 4.69) is 31.4 Å². The van der Waals surface area contributed by atoms with Crippen molar-refractivity contribution in [1.29, 1.82) is 0 Å². The number of nitrogens with one attached hydrogen (secondary N) is 2. The predicted molar refractivity (Wildman–Crippen MR) is 80.6 cm³/mol. The van der Waals surface area contributed by atoms with Gasteiger partial charge in [-0.2, -0.15) is 0 Å². The van der Waals surface area contributed by atoms with Crippen molar-refractivity contribution in [2.75, 3.05) is 19.7 Å². The van der Waals surface area contributed by atoms with Crippen LogP contribution in [0.5, 0.6) is 0 Å². The zero-order valence-electron chi connectivity index (χ0n) is 13.3. The molecule has 4 heteroatoms. The van der Waals surface area contributed by atoms with E-state index in [-0.39, 0.29) is 23.0 Å². The van der Waals surface area contributed by atoms with E-state index in [0.29, 0.717) is 0 Å². The first kappa shape index (κ1) is 15.8. The smallest absolute Gasteiger partial charge is 0.226 e. The van der Waals surface area contributed by atoms with Crippen molar-refractivity contribution >= 4 is 5.91 Å². The predicted octanol–water partition coefficient (Wildman–Crippen LogP) is 2.23. The fourth-order valence-corrected chi connectivity index (χ4v) is 3.46. The molecule has 2 fully saturated rings. The molecule has 0 aromatic rings. The number of hydrogen-bond donors (Lipinski definition) is 2. The van der Waals surface area contributed by atoms with Crippen LogP contribution in [0.25, 0.3) is 0 Å². The monoisotopic (exact) mass is 282 g/mol. The van der Waals surface area contributed by atoms with Crippen LogP contribution in [-0.4, -0.2) is 37.2 Å². The summed E-state index contributed by atoms with van der Waals surface area (Å²) in [7, 11) is 0. The van der Waals surface area contributed by atoms with Crippen LogP contribution in [-0.2, 0) is 9.53 Å². The minimum absolute atomic E-state index is 0.0226. The largest absolute Gasteiger partial charge is 0.375 e. The number of piperidine rings is 1. The first-order valence-corrected chi connectivity index (χ1v) is 8.19. The Morgan fingerprint density at radius 1 is 1.30 bits per heavy atom. The van der Waals surface area contributed by atoms with E-state index in [9.17, 15) is 4.79 Å². The van der Waals surface area contributed by atoms with E-state index in [4.69, 9.17) is 4.74 Å². The van der Waals surface area contributed by atoms with Crippen LogP contribution in [0, 0.1) is 5.41 Å². The first-order valence-electron chi connectivity index (χ1n) is 8.19. The van der Waals surface area contributed by atoms with E-state index in [1.165, 1.54) is 0 Å². The summed E-state index contributed by atoms with van der Waals surface area (Å²) < 4.78 is 5.99. The van der Waals surface area contributed by atoms with Crippen LogP contribution in [0.2, 0.25) is 0 Å². The van der Waals surface area contributed by atoms with Crippen molar-refractivity contribution in [2.24, 2.45) is 5.41 Å². The summed E-state index contributed by atoms with van der Waals surface area (Å²) in [5.74, 6) is 0.243. The summed E-state index contributed by atoms with van der Waals surface area (Å²) in [5, 5.41) is 6.64. The second kappa shape index (κ2) is 6.44. The molecule has 0 saturated carbocycles. The molecule has 0 aliphatic carbocycles. The number of rotatable bonds is 4. The van der Waals surface area contributed by atoms with Gasteiger partial charge in [0.15, 0.2) is 0 Å². The van der Waals surface area contributed by atoms with Gasteiger partial charge in [-0.05, 0) is 51.6 Å². The van der Waals surface area contributed by atoms with Crippen molar-refractivity contribution in [1.82, 2.24) is 10.6 Å². The molecule has 0 bridgehead atoms. The lowest BCUT2D eigenvalue weighted by atomic mass is 9.79. The minimum Gasteiger partial charge on any atom is -0.375 e. The Hall–Kier alpha value is -0.610. The minimum atomic E-state index is -0.190. The molecule has 1 atom stereocenters. The van der Waals surface area contributed by atoms with E-state index in [1.54, 1.807) is 0 Å². The summed E-state index contributed by atoms with van der Waals surface area (Å²) >= 11 is 0. The second-order valence-corrected chi connectivity index (χ2v) is 6.71. The van der Waals surface area contributed by atoms with Gasteiger partial charge < -0.3 is 15.4 Å². The van der Waals surface area contributed by atoms with Crippen LogP contribution in [0.15, 0.2) is 0 Å². The zero-order valence-corrected chi connectivity index (χ0v) is 13.3. The highest BCUT2D eigenvalue weighted by atomic mass is 16.5. The fourth-order valence-electron chi connectivity index (χ4n) is 3.46. The molecule has 0 radical (unpaired) electrons. The lowest BCUT2D eigenvalue weighted by molar-refractivity contribution is -0.136. The Morgan fingerprint density at radius 3 is 2.55 bits per heavy atom. The second-order valence-electron chi connectivity index (χ2n) is 6.71. The van der Waals surface area contributed by atoms with Gasteiger partial charge >= 0.3 is 0 Å². The van der Waals surface area contributed by atoms with Gasteiger partial charge in [0.2, 0.25) is 5.91 Å². The average molecular weight is 282 g/mol. The quantitative estimate of drug-likeness (QED) is 0.831. The van der Waals surface area contributed by atoms with E-state index in [0.717, 1.165) is 58.2 Å². The molecule has 2 rings (SSSR count). The normalized spacial score (nSPS) is 28.9. The lowest BCUT2D eigenvalue weighted by Gasteiger charge is -2.42. The van der Waals surface area contributed by atoms with Crippen LogP contribution in [0.3, 0.4) is 0 Å².